The van der Waals surface area contributed by atoms with Crippen LogP contribution in [0.15, 0.2) is 60.7 Å². The summed E-state index contributed by atoms with van der Waals surface area (Å²) >= 11 is 0. The number of benzene rings is 1. The van der Waals surface area contributed by atoms with Crippen molar-refractivity contribution < 1.29 is 4.79 Å². The van der Waals surface area contributed by atoms with Crippen molar-refractivity contribution in [2.75, 3.05) is 6.54 Å². The first kappa shape index (κ1) is 13.5. The molecule has 0 atom stereocenters. The first-order valence-electron chi connectivity index (χ1n) is 5.50. The third-order valence-corrected chi connectivity index (χ3v) is 2.12. The van der Waals surface area contributed by atoms with Crippen molar-refractivity contribution in [3.8, 4) is 6.07 Å². The highest BCUT2D eigenvalue weighted by atomic mass is 16.1. The normalized spacial score (nSPS) is 10.9. The summed E-state index contributed by atoms with van der Waals surface area (Å²) in [6.45, 7) is 3.84. The van der Waals surface area contributed by atoms with Gasteiger partial charge in [0, 0.05) is 6.54 Å². The maximum atomic E-state index is 11.5. The average molecular weight is 238 g/mol. The molecule has 18 heavy (non-hydrogen) atoms. The Kier molecular flexibility index (Phi) is 5.71. The molecule has 0 saturated heterocycles. The monoisotopic (exact) mass is 238 g/mol. The Morgan fingerprint density at radius 2 is 2.11 bits per heavy atom. The summed E-state index contributed by atoms with van der Waals surface area (Å²) in [7, 11) is 0. The van der Waals surface area contributed by atoms with Gasteiger partial charge in [0.15, 0.2) is 0 Å². The maximum Gasteiger partial charge on any atom is 0.262 e. The molecular formula is C15H14N2O. The summed E-state index contributed by atoms with van der Waals surface area (Å²) < 4.78 is 0. The van der Waals surface area contributed by atoms with Gasteiger partial charge in [0.1, 0.15) is 11.6 Å². The number of carbonyl (C=O) groups excluding carboxylic acids is 1. The molecule has 0 aliphatic carbocycles. The third kappa shape index (κ3) is 4.50. The second-order valence-corrected chi connectivity index (χ2v) is 3.46. The quantitative estimate of drug-likeness (QED) is 0.371. The molecule has 0 aromatic heterocycles. The highest BCUT2D eigenvalue weighted by molar-refractivity contribution is 5.97. The number of nitriles is 1. The van der Waals surface area contributed by atoms with E-state index in [-0.39, 0.29) is 5.57 Å². The molecule has 1 N–H and O–H groups in total. The van der Waals surface area contributed by atoms with E-state index in [1.54, 1.807) is 12.2 Å². The standard InChI is InChI=1S/C15H14N2O/c1-2-11-17-15(18)14(12-16)10-6-9-13-7-4-3-5-8-13/h2-10H,1,11H2,(H,17,18)/b9-6+,14-10-. The van der Waals surface area contributed by atoms with E-state index in [1.165, 1.54) is 6.08 Å². The van der Waals surface area contributed by atoms with Crippen LogP contribution in [-0.2, 0) is 4.79 Å². The van der Waals surface area contributed by atoms with E-state index in [0.717, 1.165) is 5.56 Å². The van der Waals surface area contributed by atoms with Crippen molar-refractivity contribution in [1.29, 1.82) is 5.26 Å². The highest BCUT2D eigenvalue weighted by Gasteiger charge is 2.04. The van der Waals surface area contributed by atoms with Crippen LogP contribution in [0.2, 0.25) is 0 Å². The zero-order chi connectivity index (χ0) is 13.2. The lowest BCUT2D eigenvalue weighted by molar-refractivity contribution is -0.116. The lowest BCUT2D eigenvalue weighted by Gasteiger charge is -1.98. The minimum absolute atomic E-state index is 0.0732. The molecule has 0 aliphatic heterocycles. The summed E-state index contributed by atoms with van der Waals surface area (Å²) in [6, 6.07) is 11.5. The molecule has 0 radical (unpaired) electrons. The van der Waals surface area contributed by atoms with Gasteiger partial charge in [-0.1, -0.05) is 48.6 Å². The molecule has 3 heteroatoms. The van der Waals surface area contributed by atoms with Gasteiger partial charge >= 0.3 is 0 Å². The van der Waals surface area contributed by atoms with Gasteiger partial charge in [0.2, 0.25) is 0 Å². The summed E-state index contributed by atoms with van der Waals surface area (Å²) in [5.41, 5.74) is 1.08. The Labute approximate surface area is 107 Å². The lowest BCUT2D eigenvalue weighted by atomic mass is 10.2. The summed E-state index contributed by atoms with van der Waals surface area (Å²) in [5, 5.41) is 11.4. The fourth-order valence-corrected chi connectivity index (χ4v) is 1.24. The first-order valence-corrected chi connectivity index (χ1v) is 5.50. The van der Waals surface area contributed by atoms with Crippen molar-refractivity contribution in [3.05, 3.63) is 66.3 Å². The molecule has 0 aliphatic rings. The average Bonchev–Trinajstić information content (AvgIpc) is 2.42. The predicted molar refractivity (Wildman–Crippen MR) is 72.4 cm³/mol. The zero-order valence-corrected chi connectivity index (χ0v) is 9.97. The number of nitrogens with zero attached hydrogens (tertiary/aromatic N) is 1. The summed E-state index contributed by atoms with van der Waals surface area (Å²) in [6.07, 6.45) is 6.57. The molecule has 1 aromatic rings. The Bertz CT molecular complexity index is 507. The second kappa shape index (κ2) is 7.64. The van der Waals surface area contributed by atoms with E-state index in [1.807, 2.05) is 42.5 Å². The van der Waals surface area contributed by atoms with Crippen LogP contribution in [0.1, 0.15) is 5.56 Å². The van der Waals surface area contributed by atoms with E-state index < -0.39 is 5.91 Å². The number of carbonyl (C=O) groups is 1. The molecule has 0 spiro atoms. The largest absolute Gasteiger partial charge is 0.348 e. The molecule has 3 nitrogen and oxygen atoms in total. The molecule has 0 heterocycles. The molecule has 1 amide bonds. The summed E-state index contributed by atoms with van der Waals surface area (Å²) in [4.78, 5) is 11.5. The minimum atomic E-state index is -0.393. The van der Waals surface area contributed by atoms with Crippen molar-refractivity contribution in [2.45, 2.75) is 0 Å². The van der Waals surface area contributed by atoms with Crippen molar-refractivity contribution >= 4 is 12.0 Å². The number of rotatable bonds is 5. The van der Waals surface area contributed by atoms with E-state index in [2.05, 4.69) is 11.9 Å². The molecule has 1 rings (SSSR count). The second-order valence-electron chi connectivity index (χ2n) is 3.46. The van der Waals surface area contributed by atoms with Crippen LogP contribution in [-0.4, -0.2) is 12.5 Å². The van der Waals surface area contributed by atoms with Gasteiger partial charge in [-0.25, -0.2) is 0 Å². The van der Waals surface area contributed by atoms with Crippen LogP contribution < -0.4 is 5.32 Å². The Morgan fingerprint density at radius 3 is 2.72 bits per heavy atom. The van der Waals surface area contributed by atoms with Crippen molar-refractivity contribution in [3.63, 3.8) is 0 Å². The molecule has 1 aromatic carbocycles. The lowest BCUT2D eigenvalue weighted by Crippen LogP contribution is -2.24. The number of hydrogen-bond donors (Lipinski definition) is 1. The van der Waals surface area contributed by atoms with Crippen LogP contribution >= 0.6 is 0 Å². The van der Waals surface area contributed by atoms with Crippen molar-refractivity contribution in [1.82, 2.24) is 5.32 Å². The Balaban J connectivity index is 2.69. The topological polar surface area (TPSA) is 52.9 Å². The number of allylic oxidation sites excluding steroid dienone is 2. The van der Waals surface area contributed by atoms with E-state index in [0.29, 0.717) is 6.54 Å². The van der Waals surface area contributed by atoms with Gasteiger partial charge in [-0.3, -0.25) is 4.79 Å². The number of hydrogen-bond acceptors (Lipinski definition) is 2. The smallest absolute Gasteiger partial charge is 0.262 e. The Morgan fingerprint density at radius 1 is 1.39 bits per heavy atom. The molecule has 90 valence electrons. The Hall–Kier alpha value is -2.60. The first-order chi connectivity index (χ1) is 8.77. The SMILES string of the molecule is C=CCNC(=O)/C(C#N)=C\C=C\c1ccccc1. The van der Waals surface area contributed by atoms with Gasteiger partial charge in [-0.15, -0.1) is 6.58 Å². The third-order valence-electron chi connectivity index (χ3n) is 2.12. The number of amides is 1. The number of nitrogens with one attached hydrogen (secondary N) is 1. The van der Waals surface area contributed by atoms with Gasteiger partial charge in [0.25, 0.3) is 5.91 Å². The molecule has 0 saturated carbocycles. The maximum absolute atomic E-state index is 11.5. The zero-order valence-electron chi connectivity index (χ0n) is 9.97. The van der Waals surface area contributed by atoms with E-state index in [4.69, 9.17) is 5.26 Å². The predicted octanol–water partition coefficient (Wildman–Crippen LogP) is 2.45. The minimum Gasteiger partial charge on any atom is -0.348 e. The van der Waals surface area contributed by atoms with Gasteiger partial charge < -0.3 is 5.32 Å². The van der Waals surface area contributed by atoms with Crippen LogP contribution in [0.5, 0.6) is 0 Å². The molecule has 0 bridgehead atoms. The van der Waals surface area contributed by atoms with Crippen LogP contribution in [0, 0.1) is 11.3 Å². The fourth-order valence-electron chi connectivity index (χ4n) is 1.24. The van der Waals surface area contributed by atoms with Crippen molar-refractivity contribution in [2.24, 2.45) is 0 Å². The molecule has 0 unspecified atom stereocenters. The summed E-state index contributed by atoms with van der Waals surface area (Å²) in [5.74, 6) is -0.393. The van der Waals surface area contributed by atoms with Crippen LogP contribution in [0.25, 0.3) is 6.08 Å². The molecule has 0 fully saturated rings. The van der Waals surface area contributed by atoms with Gasteiger partial charge in [-0.05, 0) is 11.6 Å². The van der Waals surface area contributed by atoms with E-state index >= 15 is 0 Å². The van der Waals surface area contributed by atoms with Gasteiger partial charge in [0.05, 0.1) is 0 Å². The highest BCUT2D eigenvalue weighted by Crippen LogP contribution is 2.02. The molecular weight excluding hydrogens is 224 g/mol. The van der Waals surface area contributed by atoms with Crippen LogP contribution in [0.3, 0.4) is 0 Å². The van der Waals surface area contributed by atoms with Crippen LogP contribution in [0.4, 0.5) is 0 Å². The van der Waals surface area contributed by atoms with Gasteiger partial charge in [-0.2, -0.15) is 5.26 Å². The van der Waals surface area contributed by atoms with E-state index in [9.17, 15) is 4.79 Å². The fraction of sp³-hybridized carbons (Fsp3) is 0.0667.